The molecule has 1 heterocycles. The first kappa shape index (κ1) is 16.0. The minimum atomic E-state index is -0.340. The first-order chi connectivity index (χ1) is 8.97. The Morgan fingerprint density at radius 2 is 2.16 bits per heavy atom. The van der Waals surface area contributed by atoms with Gasteiger partial charge in [0.2, 0.25) is 11.8 Å². The van der Waals surface area contributed by atoms with Crippen LogP contribution in [-0.4, -0.2) is 42.4 Å². The smallest absolute Gasteiger partial charge is 0.242 e. The summed E-state index contributed by atoms with van der Waals surface area (Å²) in [6.07, 6.45) is 2.33. The SMILES string of the molecule is CC(C)C(CCN)CCC(=O)N1CCNC(=O)C1C. The van der Waals surface area contributed by atoms with Gasteiger partial charge in [0.05, 0.1) is 0 Å². The first-order valence-electron chi connectivity index (χ1n) is 7.24. The van der Waals surface area contributed by atoms with E-state index in [-0.39, 0.29) is 17.9 Å². The number of nitrogens with one attached hydrogen (secondary N) is 1. The molecule has 0 radical (unpaired) electrons. The Hall–Kier alpha value is -1.10. The monoisotopic (exact) mass is 269 g/mol. The second-order valence-electron chi connectivity index (χ2n) is 5.67. The van der Waals surface area contributed by atoms with E-state index in [0.717, 1.165) is 12.8 Å². The molecule has 2 unspecified atom stereocenters. The van der Waals surface area contributed by atoms with Crippen LogP contribution >= 0.6 is 0 Å². The molecule has 5 nitrogen and oxygen atoms in total. The number of nitrogens with two attached hydrogens (primary N) is 1. The molecule has 0 aromatic heterocycles. The molecule has 110 valence electrons. The van der Waals surface area contributed by atoms with Crippen molar-refractivity contribution in [3.63, 3.8) is 0 Å². The Morgan fingerprint density at radius 1 is 1.47 bits per heavy atom. The number of amides is 2. The summed E-state index contributed by atoms with van der Waals surface area (Å²) in [6, 6.07) is -0.340. The fraction of sp³-hybridized carbons (Fsp3) is 0.857. The van der Waals surface area contributed by atoms with Gasteiger partial charge in [-0.2, -0.15) is 0 Å². The molecule has 0 bridgehead atoms. The van der Waals surface area contributed by atoms with Gasteiger partial charge in [0.25, 0.3) is 0 Å². The van der Waals surface area contributed by atoms with Crippen LogP contribution in [0.2, 0.25) is 0 Å². The molecule has 1 fully saturated rings. The largest absolute Gasteiger partial charge is 0.353 e. The first-order valence-corrected chi connectivity index (χ1v) is 7.24. The van der Waals surface area contributed by atoms with Gasteiger partial charge >= 0.3 is 0 Å². The molecule has 0 saturated carbocycles. The topological polar surface area (TPSA) is 75.4 Å². The number of carbonyl (C=O) groups is 2. The maximum absolute atomic E-state index is 12.2. The molecule has 3 N–H and O–H groups in total. The highest BCUT2D eigenvalue weighted by Crippen LogP contribution is 2.21. The predicted molar refractivity (Wildman–Crippen MR) is 75.4 cm³/mol. The van der Waals surface area contributed by atoms with Crippen molar-refractivity contribution in [1.29, 1.82) is 0 Å². The molecule has 2 atom stereocenters. The van der Waals surface area contributed by atoms with E-state index < -0.39 is 0 Å². The van der Waals surface area contributed by atoms with Crippen LogP contribution < -0.4 is 11.1 Å². The minimum Gasteiger partial charge on any atom is -0.353 e. The standard InChI is InChI=1S/C14H27N3O2/c1-10(2)12(6-7-15)4-5-13(18)17-9-8-16-14(19)11(17)3/h10-12H,4-9,15H2,1-3H3,(H,16,19). The molecule has 1 aliphatic heterocycles. The van der Waals surface area contributed by atoms with E-state index in [0.29, 0.717) is 37.9 Å². The molecule has 1 saturated heterocycles. The van der Waals surface area contributed by atoms with Gasteiger partial charge in [-0.3, -0.25) is 9.59 Å². The van der Waals surface area contributed by atoms with Crippen molar-refractivity contribution in [2.75, 3.05) is 19.6 Å². The minimum absolute atomic E-state index is 0.0537. The van der Waals surface area contributed by atoms with Gasteiger partial charge in [0.1, 0.15) is 6.04 Å². The fourth-order valence-electron chi connectivity index (χ4n) is 2.60. The lowest BCUT2D eigenvalue weighted by atomic mass is 9.88. The molecule has 5 heteroatoms. The summed E-state index contributed by atoms with van der Waals surface area (Å²) in [4.78, 5) is 25.4. The highest BCUT2D eigenvalue weighted by atomic mass is 16.2. The molecule has 0 aromatic carbocycles. The summed E-state index contributed by atoms with van der Waals surface area (Å²) in [5.41, 5.74) is 5.61. The Bertz CT molecular complexity index is 318. The van der Waals surface area contributed by atoms with E-state index in [1.54, 1.807) is 11.8 Å². The summed E-state index contributed by atoms with van der Waals surface area (Å²) in [7, 11) is 0. The number of carbonyl (C=O) groups excluding carboxylic acids is 2. The average molecular weight is 269 g/mol. The van der Waals surface area contributed by atoms with E-state index in [9.17, 15) is 9.59 Å². The zero-order valence-corrected chi connectivity index (χ0v) is 12.3. The summed E-state index contributed by atoms with van der Waals surface area (Å²) in [5, 5.41) is 2.77. The molecule has 0 aromatic rings. The Labute approximate surface area is 115 Å². The quantitative estimate of drug-likeness (QED) is 0.746. The summed E-state index contributed by atoms with van der Waals surface area (Å²) in [5.74, 6) is 1.06. The second-order valence-corrected chi connectivity index (χ2v) is 5.67. The van der Waals surface area contributed by atoms with Crippen LogP contribution in [-0.2, 0) is 9.59 Å². The second kappa shape index (κ2) is 7.48. The van der Waals surface area contributed by atoms with Crippen LogP contribution in [0.25, 0.3) is 0 Å². The van der Waals surface area contributed by atoms with E-state index in [1.165, 1.54) is 0 Å². The lowest BCUT2D eigenvalue weighted by molar-refractivity contribution is -0.142. The highest BCUT2D eigenvalue weighted by molar-refractivity contribution is 5.88. The number of piperazine rings is 1. The van der Waals surface area contributed by atoms with Gasteiger partial charge in [-0.15, -0.1) is 0 Å². The highest BCUT2D eigenvalue weighted by Gasteiger charge is 2.29. The van der Waals surface area contributed by atoms with E-state index >= 15 is 0 Å². The van der Waals surface area contributed by atoms with Crippen LogP contribution in [0.4, 0.5) is 0 Å². The van der Waals surface area contributed by atoms with E-state index in [1.807, 2.05) is 0 Å². The maximum atomic E-state index is 12.2. The zero-order valence-electron chi connectivity index (χ0n) is 12.3. The van der Waals surface area contributed by atoms with Crippen molar-refractivity contribution in [2.45, 2.75) is 46.1 Å². The van der Waals surface area contributed by atoms with Gasteiger partial charge in [0, 0.05) is 19.5 Å². The van der Waals surface area contributed by atoms with Crippen molar-refractivity contribution in [1.82, 2.24) is 10.2 Å². The van der Waals surface area contributed by atoms with Crippen molar-refractivity contribution in [3.8, 4) is 0 Å². The third-order valence-corrected chi connectivity index (χ3v) is 4.03. The van der Waals surface area contributed by atoms with E-state index in [4.69, 9.17) is 5.73 Å². The zero-order chi connectivity index (χ0) is 14.4. The molecular formula is C14H27N3O2. The lowest BCUT2D eigenvalue weighted by Crippen LogP contribution is -2.55. The molecule has 0 spiro atoms. The molecular weight excluding hydrogens is 242 g/mol. The summed E-state index contributed by atoms with van der Waals surface area (Å²) in [6.45, 7) is 7.97. The Balaban J connectivity index is 2.47. The van der Waals surface area contributed by atoms with Gasteiger partial charge in [0.15, 0.2) is 0 Å². The van der Waals surface area contributed by atoms with Crippen LogP contribution in [0.3, 0.4) is 0 Å². The summed E-state index contributed by atoms with van der Waals surface area (Å²) < 4.78 is 0. The van der Waals surface area contributed by atoms with Crippen molar-refractivity contribution in [3.05, 3.63) is 0 Å². The third-order valence-electron chi connectivity index (χ3n) is 4.03. The Kier molecular flexibility index (Phi) is 6.28. The number of hydrogen-bond acceptors (Lipinski definition) is 3. The van der Waals surface area contributed by atoms with Gasteiger partial charge in [-0.1, -0.05) is 13.8 Å². The van der Waals surface area contributed by atoms with Crippen LogP contribution in [0.1, 0.15) is 40.0 Å². The van der Waals surface area contributed by atoms with Gasteiger partial charge in [-0.25, -0.2) is 0 Å². The number of rotatable bonds is 6. The number of hydrogen-bond donors (Lipinski definition) is 2. The van der Waals surface area contributed by atoms with Crippen LogP contribution in [0.15, 0.2) is 0 Å². The average Bonchev–Trinajstić information content (AvgIpc) is 2.37. The van der Waals surface area contributed by atoms with Gasteiger partial charge < -0.3 is 16.0 Å². The van der Waals surface area contributed by atoms with Crippen molar-refractivity contribution < 1.29 is 9.59 Å². The molecule has 1 rings (SSSR count). The lowest BCUT2D eigenvalue weighted by Gasteiger charge is -2.33. The maximum Gasteiger partial charge on any atom is 0.242 e. The van der Waals surface area contributed by atoms with Crippen LogP contribution in [0, 0.1) is 11.8 Å². The number of nitrogens with zero attached hydrogens (tertiary/aromatic N) is 1. The molecule has 19 heavy (non-hydrogen) atoms. The third kappa shape index (κ3) is 4.49. The normalized spacial score (nSPS) is 21.4. The van der Waals surface area contributed by atoms with Gasteiger partial charge in [-0.05, 0) is 38.1 Å². The molecule has 2 amide bonds. The molecule has 1 aliphatic rings. The van der Waals surface area contributed by atoms with Crippen LogP contribution in [0.5, 0.6) is 0 Å². The fourth-order valence-corrected chi connectivity index (χ4v) is 2.60. The van der Waals surface area contributed by atoms with Crippen molar-refractivity contribution in [2.24, 2.45) is 17.6 Å². The Morgan fingerprint density at radius 3 is 2.74 bits per heavy atom. The predicted octanol–water partition coefficient (Wildman–Crippen LogP) is 0.735. The van der Waals surface area contributed by atoms with E-state index in [2.05, 4.69) is 19.2 Å². The summed E-state index contributed by atoms with van der Waals surface area (Å²) >= 11 is 0. The molecule has 0 aliphatic carbocycles. The van der Waals surface area contributed by atoms with Crippen molar-refractivity contribution >= 4 is 11.8 Å².